The monoisotopic (exact) mass is 439 g/mol. The van der Waals surface area contributed by atoms with Crippen LogP contribution in [0.4, 0.5) is 5.95 Å². The van der Waals surface area contributed by atoms with Crippen LogP contribution >= 0.6 is 23.1 Å². The lowest BCUT2D eigenvalue weighted by Crippen LogP contribution is -2.36. The Balaban J connectivity index is 1.35. The van der Waals surface area contributed by atoms with E-state index < -0.39 is 0 Å². The van der Waals surface area contributed by atoms with E-state index in [1.165, 1.54) is 40.6 Å². The van der Waals surface area contributed by atoms with Crippen molar-refractivity contribution in [1.82, 2.24) is 19.7 Å². The number of benzene rings is 1. The first kappa shape index (κ1) is 19.6. The molecule has 156 valence electrons. The van der Waals surface area contributed by atoms with Gasteiger partial charge in [0.25, 0.3) is 0 Å². The molecule has 5 rings (SSSR count). The van der Waals surface area contributed by atoms with Crippen molar-refractivity contribution in [2.75, 3.05) is 30.3 Å². The second-order valence-electron chi connectivity index (χ2n) is 7.87. The number of thiophene rings is 1. The molecule has 2 aliphatic heterocycles. The maximum atomic E-state index is 12.9. The van der Waals surface area contributed by atoms with Crippen LogP contribution in [0.2, 0.25) is 0 Å². The van der Waals surface area contributed by atoms with Crippen molar-refractivity contribution in [2.24, 2.45) is 0 Å². The minimum Gasteiger partial charge on any atom is -0.341 e. The molecule has 3 aromatic rings. The number of anilines is 1. The lowest BCUT2D eigenvalue weighted by molar-refractivity contribution is -0.129. The molecule has 0 N–H and O–H groups in total. The second-order valence-corrected chi connectivity index (χ2v) is 9.81. The van der Waals surface area contributed by atoms with Gasteiger partial charge in [0.2, 0.25) is 11.9 Å². The summed E-state index contributed by atoms with van der Waals surface area (Å²) in [6.07, 6.45) is 3.32. The number of rotatable bonds is 5. The SMILES string of the molecule is Cc1ccc(-n2c(SCC(=O)N3CCc4sccc4C3)nnc2N2CCCC2)cc1. The first-order valence-corrected chi connectivity index (χ1v) is 12.3. The van der Waals surface area contributed by atoms with Crippen LogP contribution in [0.15, 0.2) is 40.9 Å². The van der Waals surface area contributed by atoms with Gasteiger partial charge in [-0.25, -0.2) is 0 Å². The van der Waals surface area contributed by atoms with Crippen molar-refractivity contribution in [3.05, 3.63) is 51.7 Å². The van der Waals surface area contributed by atoms with Crippen LogP contribution in [-0.2, 0) is 17.8 Å². The van der Waals surface area contributed by atoms with Crippen molar-refractivity contribution in [2.45, 2.75) is 37.9 Å². The smallest absolute Gasteiger partial charge is 0.233 e. The minimum absolute atomic E-state index is 0.165. The Morgan fingerprint density at radius 1 is 1.10 bits per heavy atom. The molecule has 0 aliphatic carbocycles. The maximum Gasteiger partial charge on any atom is 0.233 e. The number of nitrogens with zero attached hydrogens (tertiary/aromatic N) is 5. The molecular weight excluding hydrogens is 414 g/mol. The number of carbonyl (C=O) groups excluding carboxylic acids is 1. The zero-order valence-electron chi connectivity index (χ0n) is 17.1. The molecule has 2 aliphatic rings. The highest BCUT2D eigenvalue weighted by Gasteiger charge is 2.25. The third-order valence-corrected chi connectivity index (χ3v) is 7.72. The predicted octanol–water partition coefficient (Wildman–Crippen LogP) is 3.91. The van der Waals surface area contributed by atoms with E-state index in [0.717, 1.165) is 49.4 Å². The largest absolute Gasteiger partial charge is 0.341 e. The van der Waals surface area contributed by atoms with Crippen LogP contribution in [0.1, 0.15) is 28.8 Å². The molecule has 30 heavy (non-hydrogen) atoms. The van der Waals surface area contributed by atoms with Crippen LogP contribution in [0, 0.1) is 6.92 Å². The fourth-order valence-corrected chi connectivity index (χ4v) is 5.82. The number of thioether (sulfide) groups is 1. The van der Waals surface area contributed by atoms with Gasteiger partial charge >= 0.3 is 0 Å². The first-order valence-electron chi connectivity index (χ1n) is 10.4. The fraction of sp³-hybridized carbons (Fsp3) is 0.409. The van der Waals surface area contributed by atoms with Crippen LogP contribution < -0.4 is 4.90 Å². The number of carbonyl (C=O) groups is 1. The fourth-order valence-electron chi connectivity index (χ4n) is 4.08. The van der Waals surface area contributed by atoms with E-state index in [9.17, 15) is 4.79 Å². The number of hydrogen-bond donors (Lipinski definition) is 0. The number of amides is 1. The molecule has 0 unspecified atom stereocenters. The summed E-state index contributed by atoms with van der Waals surface area (Å²) in [6.45, 7) is 5.62. The molecular formula is C22H25N5OS2. The molecule has 1 amide bonds. The van der Waals surface area contributed by atoms with Gasteiger partial charge in [-0.05, 0) is 55.3 Å². The summed E-state index contributed by atoms with van der Waals surface area (Å²) in [6, 6.07) is 10.6. The molecule has 0 bridgehead atoms. The van der Waals surface area contributed by atoms with E-state index in [1.54, 1.807) is 11.3 Å². The molecule has 0 atom stereocenters. The highest BCUT2D eigenvalue weighted by molar-refractivity contribution is 7.99. The summed E-state index contributed by atoms with van der Waals surface area (Å²) < 4.78 is 2.11. The Kier molecular flexibility index (Phi) is 5.52. The van der Waals surface area contributed by atoms with Gasteiger partial charge in [0.05, 0.1) is 11.4 Å². The van der Waals surface area contributed by atoms with E-state index in [1.807, 2.05) is 4.90 Å². The van der Waals surface area contributed by atoms with E-state index >= 15 is 0 Å². The summed E-state index contributed by atoms with van der Waals surface area (Å²) in [5.74, 6) is 1.42. The third-order valence-electron chi connectivity index (χ3n) is 5.78. The van der Waals surface area contributed by atoms with Gasteiger partial charge in [-0.1, -0.05) is 29.5 Å². The van der Waals surface area contributed by atoms with E-state index in [2.05, 4.69) is 62.3 Å². The predicted molar refractivity (Wildman–Crippen MR) is 122 cm³/mol. The highest BCUT2D eigenvalue weighted by atomic mass is 32.2. The van der Waals surface area contributed by atoms with Gasteiger partial charge in [-0.3, -0.25) is 9.36 Å². The lowest BCUT2D eigenvalue weighted by atomic mass is 10.1. The van der Waals surface area contributed by atoms with Crippen molar-refractivity contribution in [3.8, 4) is 5.69 Å². The summed E-state index contributed by atoms with van der Waals surface area (Å²) in [4.78, 5) is 18.6. The van der Waals surface area contributed by atoms with Gasteiger partial charge in [0.15, 0.2) is 5.16 Å². The van der Waals surface area contributed by atoms with Crippen LogP contribution in [0.25, 0.3) is 5.69 Å². The Hall–Kier alpha value is -2.32. The number of hydrogen-bond acceptors (Lipinski definition) is 6. The molecule has 1 fully saturated rings. The molecule has 0 spiro atoms. The Labute approximate surface area is 184 Å². The Morgan fingerprint density at radius 3 is 2.70 bits per heavy atom. The molecule has 8 heteroatoms. The maximum absolute atomic E-state index is 12.9. The van der Waals surface area contributed by atoms with Crippen molar-refractivity contribution < 1.29 is 4.79 Å². The normalized spacial score (nSPS) is 16.2. The average molecular weight is 440 g/mol. The lowest BCUT2D eigenvalue weighted by Gasteiger charge is -2.27. The summed E-state index contributed by atoms with van der Waals surface area (Å²) in [5.41, 5.74) is 3.56. The second kappa shape index (κ2) is 8.43. The third kappa shape index (κ3) is 3.86. The molecule has 6 nitrogen and oxygen atoms in total. The van der Waals surface area contributed by atoms with E-state index in [4.69, 9.17) is 0 Å². The zero-order valence-corrected chi connectivity index (χ0v) is 18.7. The molecule has 1 aromatic carbocycles. The molecule has 0 radical (unpaired) electrons. The van der Waals surface area contributed by atoms with Crippen molar-refractivity contribution in [3.63, 3.8) is 0 Å². The quantitative estimate of drug-likeness (QED) is 0.564. The van der Waals surface area contributed by atoms with Gasteiger partial charge in [-0.15, -0.1) is 21.5 Å². The van der Waals surface area contributed by atoms with Crippen molar-refractivity contribution >= 4 is 35.0 Å². The van der Waals surface area contributed by atoms with Crippen LogP contribution in [0.3, 0.4) is 0 Å². The number of aromatic nitrogens is 3. The van der Waals surface area contributed by atoms with Crippen molar-refractivity contribution in [1.29, 1.82) is 0 Å². The van der Waals surface area contributed by atoms with Crippen LogP contribution in [-0.4, -0.2) is 51.0 Å². The number of aryl methyl sites for hydroxylation is 1. The minimum atomic E-state index is 0.165. The van der Waals surface area contributed by atoms with Crippen LogP contribution in [0.5, 0.6) is 0 Å². The highest BCUT2D eigenvalue weighted by Crippen LogP contribution is 2.30. The van der Waals surface area contributed by atoms with Gasteiger partial charge < -0.3 is 9.80 Å². The first-order chi connectivity index (χ1) is 14.7. The molecule has 4 heterocycles. The average Bonchev–Trinajstić information content (AvgIpc) is 3.52. The molecule has 2 aromatic heterocycles. The van der Waals surface area contributed by atoms with Gasteiger partial charge in [0.1, 0.15) is 0 Å². The van der Waals surface area contributed by atoms with Gasteiger partial charge in [-0.2, -0.15) is 0 Å². The summed E-state index contributed by atoms with van der Waals surface area (Å²) >= 11 is 3.28. The molecule has 1 saturated heterocycles. The van der Waals surface area contributed by atoms with Gasteiger partial charge in [0, 0.05) is 31.1 Å². The summed E-state index contributed by atoms with van der Waals surface area (Å²) in [5, 5.41) is 11.9. The van der Waals surface area contributed by atoms with E-state index in [0.29, 0.717) is 5.75 Å². The molecule has 0 saturated carbocycles. The van der Waals surface area contributed by atoms with E-state index in [-0.39, 0.29) is 5.91 Å². The number of fused-ring (bicyclic) bond motifs is 1. The Bertz CT molecular complexity index is 1040. The zero-order chi connectivity index (χ0) is 20.5. The summed E-state index contributed by atoms with van der Waals surface area (Å²) in [7, 11) is 0. The topological polar surface area (TPSA) is 54.3 Å². The Morgan fingerprint density at radius 2 is 1.90 bits per heavy atom. The standard InChI is InChI=1S/C22H25N5OS2/c1-16-4-6-18(7-5-16)27-21(25-10-2-3-11-25)23-24-22(27)30-15-20(28)26-12-8-19-17(14-26)9-13-29-19/h4-7,9,13H,2-3,8,10-12,14-15H2,1H3.